The highest BCUT2D eigenvalue weighted by molar-refractivity contribution is 6.35. The van der Waals surface area contributed by atoms with Gasteiger partial charge in [0.2, 0.25) is 0 Å². The van der Waals surface area contributed by atoms with Gasteiger partial charge in [-0.2, -0.15) is 0 Å². The lowest BCUT2D eigenvalue weighted by molar-refractivity contribution is 0.309. The van der Waals surface area contributed by atoms with Crippen LogP contribution in [0.25, 0.3) is 16.6 Å². The van der Waals surface area contributed by atoms with Crippen LogP contribution in [0.2, 0.25) is 10.2 Å². The second-order valence-electron chi connectivity index (χ2n) is 5.76. The molecule has 5 nitrogen and oxygen atoms in total. The minimum Gasteiger partial charge on any atom is -0.486 e. The van der Waals surface area contributed by atoms with E-state index in [1.54, 1.807) is 24.8 Å². The molecular formula is C19H14Cl2N4O. The van der Waals surface area contributed by atoms with Crippen molar-refractivity contribution in [3.8, 4) is 11.4 Å². The van der Waals surface area contributed by atoms with Gasteiger partial charge in [0.25, 0.3) is 0 Å². The number of aromatic nitrogens is 4. The molecular weight excluding hydrogens is 371 g/mol. The summed E-state index contributed by atoms with van der Waals surface area (Å²) < 4.78 is 7.95. The molecule has 7 heteroatoms. The Bertz CT molecular complexity index is 1060. The van der Waals surface area contributed by atoms with Crippen molar-refractivity contribution in [3.05, 3.63) is 76.7 Å². The zero-order chi connectivity index (χ0) is 18.1. The standard InChI is InChI=1S/C19H14Cl2N4O/c1-12-9-16(25-8-7-22-11-25)13-3-2-4-17(18(13)24-12)26-10-14-15(20)5-6-23-19(14)21/h2-9,11H,10H2,1H3. The Morgan fingerprint density at radius 3 is 2.81 bits per heavy atom. The van der Waals surface area contributed by atoms with E-state index < -0.39 is 0 Å². The molecule has 0 aliphatic rings. The summed E-state index contributed by atoms with van der Waals surface area (Å²) in [5.74, 6) is 0.656. The minimum absolute atomic E-state index is 0.209. The highest BCUT2D eigenvalue weighted by atomic mass is 35.5. The number of halogens is 2. The molecule has 0 fully saturated rings. The Labute approximate surface area is 160 Å². The van der Waals surface area contributed by atoms with Crippen LogP contribution in [0.3, 0.4) is 0 Å². The van der Waals surface area contributed by atoms with Crippen LogP contribution in [0.1, 0.15) is 11.3 Å². The number of imidazole rings is 1. The Balaban J connectivity index is 1.77. The maximum atomic E-state index is 6.20. The summed E-state index contributed by atoms with van der Waals surface area (Å²) in [5, 5.41) is 1.82. The quantitative estimate of drug-likeness (QED) is 0.464. The first-order valence-electron chi connectivity index (χ1n) is 7.94. The third-order valence-corrected chi connectivity index (χ3v) is 4.69. The average molecular weight is 385 g/mol. The van der Waals surface area contributed by atoms with Gasteiger partial charge < -0.3 is 9.30 Å². The second kappa shape index (κ2) is 6.94. The molecule has 0 saturated heterocycles. The van der Waals surface area contributed by atoms with Crippen molar-refractivity contribution in [2.45, 2.75) is 13.5 Å². The fourth-order valence-corrected chi connectivity index (χ4v) is 3.25. The summed E-state index contributed by atoms with van der Waals surface area (Å²) in [7, 11) is 0. The maximum absolute atomic E-state index is 6.20. The van der Waals surface area contributed by atoms with Crippen molar-refractivity contribution >= 4 is 34.1 Å². The van der Waals surface area contributed by atoms with Crippen LogP contribution in [-0.2, 0) is 6.61 Å². The fourth-order valence-electron chi connectivity index (χ4n) is 2.78. The summed E-state index contributed by atoms with van der Waals surface area (Å²) in [6.45, 7) is 2.16. The van der Waals surface area contributed by atoms with Gasteiger partial charge in [0, 0.05) is 35.2 Å². The minimum atomic E-state index is 0.209. The molecule has 0 spiro atoms. The largest absolute Gasteiger partial charge is 0.486 e. The number of benzene rings is 1. The Kier molecular flexibility index (Phi) is 4.49. The van der Waals surface area contributed by atoms with Crippen molar-refractivity contribution in [3.63, 3.8) is 0 Å². The molecule has 26 heavy (non-hydrogen) atoms. The predicted molar refractivity (Wildman–Crippen MR) is 102 cm³/mol. The summed E-state index contributed by atoms with van der Waals surface area (Å²) >= 11 is 12.3. The van der Waals surface area contributed by atoms with Gasteiger partial charge in [0.1, 0.15) is 23.0 Å². The highest BCUT2D eigenvalue weighted by Crippen LogP contribution is 2.31. The van der Waals surface area contributed by atoms with Gasteiger partial charge in [-0.25, -0.2) is 15.0 Å². The van der Waals surface area contributed by atoms with Crippen molar-refractivity contribution in [2.75, 3.05) is 0 Å². The summed E-state index contributed by atoms with van der Waals surface area (Å²) in [4.78, 5) is 12.8. The Morgan fingerprint density at radius 1 is 1.15 bits per heavy atom. The van der Waals surface area contributed by atoms with Crippen LogP contribution in [0.4, 0.5) is 0 Å². The zero-order valence-corrected chi connectivity index (χ0v) is 15.4. The molecule has 0 unspecified atom stereocenters. The van der Waals surface area contributed by atoms with Crippen molar-refractivity contribution in [1.29, 1.82) is 0 Å². The molecule has 0 N–H and O–H groups in total. The lowest BCUT2D eigenvalue weighted by Gasteiger charge is -2.13. The van der Waals surface area contributed by atoms with Gasteiger partial charge in [-0.15, -0.1) is 0 Å². The lowest BCUT2D eigenvalue weighted by Crippen LogP contribution is -2.01. The molecule has 0 aliphatic carbocycles. The molecule has 1 aromatic carbocycles. The van der Waals surface area contributed by atoms with E-state index in [0.717, 1.165) is 22.3 Å². The Hall–Kier alpha value is -2.63. The van der Waals surface area contributed by atoms with E-state index in [0.29, 0.717) is 21.5 Å². The van der Waals surface area contributed by atoms with Crippen molar-refractivity contribution in [2.24, 2.45) is 0 Å². The first-order chi connectivity index (χ1) is 12.6. The van der Waals surface area contributed by atoms with E-state index in [-0.39, 0.29) is 6.61 Å². The van der Waals surface area contributed by atoms with E-state index in [9.17, 15) is 0 Å². The fraction of sp³-hybridized carbons (Fsp3) is 0.105. The van der Waals surface area contributed by atoms with Crippen molar-refractivity contribution < 1.29 is 4.74 Å². The average Bonchev–Trinajstić information content (AvgIpc) is 3.15. The van der Waals surface area contributed by atoms with E-state index >= 15 is 0 Å². The summed E-state index contributed by atoms with van der Waals surface area (Å²) in [6.07, 6.45) is 6.97. The van der Waals surface area contributed by atoms with Crippen LogP contribution in [0.15, 0.2) is 55.2 Å². The number of ether oxygens (including phenoxy) is 1. The molecule has 4 aromatic rings. The summed E-state index contributed by atoms with van der Waals surface area (Å²) in [5.41, 5.74) is 3.30. The number of pyridine rings is 2. The van der Waals surface area contributed by atoms with Gasteiger partial charge in [0.05, 0.1) is 17.0 Å². The first-order valence-corrected chi connectivity index (χ1v) is 8.69. The summed E-state index contributed by atoms with van der Waals surface area (Å²) in [6, 6.07) is 9.53. The lowest BCUT2D eigenvalue weighted by atomic mass is 10.1. The number of para-hydroxylation sites is 1. The van der Waals surface area contributed by atoms with Crippen LogP contribution >= 0.6 is 23.2 Å². The molecule has 4 rings (SSSR count). The molecule has 0 radical (unpaired) electrons. The van der Waals surface area contributed by atoms with Gasteiger partial charge in [-0.1, -0.05) is 35.3 Å². The second-order valence-corrected chi connectivity index (χ2v) is 6.52. The van der Waals surface area contributed by atoms with E-state index in [2.05, 4.69) is 15.0 Å². The molecule has 0 saturated carbocycles. The molecule has 0 amide bonds. The van der Waals surface area contributed by atoms with Crippen LogP contribution < -0.4 is 4.74 Å². The van der Waals surface area contributed by atoms with Crippen LogP contribution in [0, 0.1) is 6.92 Å². The Morgan fingerprint density at radius 2 is 2.04 bits per heavy atom. The maximum Gasteiger partial charge on any atom is 0.146 e. The SMILES string of the molecule is Cc1cc(-n2ccnc2)c2cccc(OCc3c(Cl)ccnc3Cl)c2n1. The first kappa shape index (κ1) is 16.8. The molecule has 130 valence electrons. The van der Waals surface area contributed by atoms with E-state index in [1.807, 2.05) is 42.0 Å². The van der Waals surface area contributed by atoms with Gasteiger partial charge in [-0.3, -0.25) is 0 Å². The third kappa shape index (κ3) is 3.11. The van der Waals surface area contributed by atoms with Gasteiger partial charge in [0.15, 0.2) is 0 Å². The number of hydrogen-bond donors (Lipinski definition) is 0. The topological polar surface area (TPSA) is 52.8 Å². The van der Waals surface area contributed by atoms with Gasteiger partial charge in [-0.05, 0) is 25.1 Å². The molecule has 0 atom stereocenters. The van der Waals surface area contributed by atoms with E-state index in [4.69, 9.17) is 27.9 Å². The number of fused-ring (bicyclic) bond motifs is 1. The van der Waals surface area contributed by atoms with Crippen molar-refractivity contribution in [1.82, 2.24) is 19.5 Å². The van der Waals surface area contributed by atoms with Crippen LogP contribution in [0.5, 0.6) is 5.75 Å². The predicted octanol–water partition coefficient (Wildman–Crippen LogP) is 5.01. The number of hydrogen-bond acceptors (Lipinski definition) is 4. The molecule has 0 bridgehead atoms. The smallest absolute Gasteiger partial charge is 0.146 e. The number of aryl methyl sites for hydroxylation is 1. The third-order valence-electron chi connectivity index (χ3n) is 4.01. The highest BCUT2D eigenvalue weighted by Gasteiger charge is 2.12. The monoisotopic (exact) mass is 384 g/mol. The van der Waals surface area contributed by atoms with E-state index in [1.165, 1.54) is 0 Å². The number of nitrogens with zero attached hydrogens (tertiary/aromatic N) is 4. The number of rotatable bonds is 4. The molecule has 3 heterocycles. The van der Waals surface area contributed by atoms with Gasteiger partial charge >= 0.3 is 0 Å². The molecule has 0 aliphatic heterocycles. The van der Waals surface area contributed by atoms with Crippen LogP contribution in [-0.4, -0.2) is 19.5 Å². The molecule has 3 aromatic heterocycles. The normalized spacial score (nSPS) is 11.0. The zero-order valence-electron chi connectivity index (χ0n) is 13.9.